The SMILES string of the molecule is CCCC(CC)(Pc1ccc(C)cc1C(F)(F)F)c1cc(C(C)(C)C)cc(C)c1O. The number of hydrogen-bond acceptors (Lipinski definition) is 1. The third-order valence-electron chi connectivity index (χ3n) is 5.82. The molecule has 0 aliphatic heterocycles. The zero-order chi connectivity index (χ0) is 22.9. The first-order valence-electron chi connectivity index (χ1n) is 10.6. The Kier molecular flexibility index (Phi) is 7.34. The van der Waals surface area contributed by atoms with Crippen LogP contribution in [-0.2, 0) is 16.7 Å². The van der Waals surface area contributed by atoms with Crippen molar-refractivity contribution in [2.75, 3.05) is 0 Å². The number of hydrogen-bond donors (Lipinski definition) is 1. The molecule has 0 radical (unpaired) electrons. The van der Waals surface area contributed by atoms with Gasteiger partial charge in [0.05, 0.1) is 5.56 Å². The molecule has 0 fully saturated rings. The van der Waals surface area contributed by atoms with Gasteiger partial charge in [0, 0.05) is 10.7 Å². The molecule has 5 heteroatoms. The molecule has 0 aliphatic carbocycles. The van der Waals surface area contributed by atoms with Gasteiger partial charge in [0.2, 0.25) is 0 Å². The number of benzene rings is 2. The zero-order valence-corrected chi connectivity index (χ0v) is 20.1. The normalized spacial score (nSPS) is 15.0. The first kappa shape index (κ1) is 24.7. The topological polar surface area (TPSA) is 20.2 Å². The lowest BCUT2D eigenvalue weighted by molar-refractivity contribution is -0.136. The predicted molar refractivity (Wildman–Crippen MR) is 123 cm³/mol. The van der Waals surface area contributed by atoms with Gasteiger partial charge in [-0.1, -0.05) is 79.4 Å². The van der Waals surface area contributed by atoms with Crippen molar-refractivity contribution in [2.24, 2.45) is 0 Å². The molecule has 0 spiro atoms. The van der Waals surface area contributed by atoms with Crippen molar-refractivity contribution in [3.05, 3.63) is 58.1 Å². The minimum Gasteiger partial charge on any atom is -0.507 e. The molecule has 2 unspecified atom stereocenters. The van der Waals surface area contributed by atoms with E-state index < -0.39 is 16.9 Å². The Morgan fingerprint density at radius 3 is 2.07 bits per heavy atom. The lowest BCUT2D eigenvalue weighted by Gasteiger charge is -2.36. The van der Waals surface area contributed by atoms with E-state index in [2.05, 4.69) is 20.8 Å². The Bertz CT molecular complexity index is 896. The third kappa shape index (κ3) is 5.19. The first-order valence-corrected chi connectivity index (χ1v) is 11.6. The highest BCUT2D eigenvalue weighted by Gasteiger charge is 2.39. The molecule has 2 aromatic rings. The first-order chi connectivity index (χ1) is 13.7. The number of alkyl halides is 3. The monoisotopic (exact) mass is 438 g/mol. The number of phenols is 1. The molecule has 0 saturated carbocycles. The molecule has 166 valence electrons. The largest absolute Gasteiger partial charge is 0.507 e. The van der Waals surface area contributed by atoms with Crippen LogP contribution in [0.3, 0.4) is 0 Å². The highest BCUT2D eigenvalue weighted by molar-refractivity contribution is 7.48. The van der Waals surface area contributed by atoms with Gasteiger partial charge >= 0.3 is 6.18 Å². The van der Waals surface area contributed by atoms with Gasteiger partial charge in [-0.25, -0.2) is 0 Å². The average molecular weight is 439 g/mol. The second-order valence-electron chi connectivity index (χ2n) is 9.30. The molecule has 0 amide bonds. The van der Waals surface area contributed by atoms with E-state index in [1.807, 2.05) is 32.9 Å². The predicted octanol–water partition coefficient (Wildman–Crippen LogP) is 7.73. The summed E-state index contributed by atoms with van der Waals surface area (Å²) in [6.45, 7) is 14.0. The highest BCUT2D eigenvalue weighted by Crippen LogP contribution is 2.53. The Balaban J connectivity index is 2.74. The number of rotatable bonds is 6. The number of halogens is 3. The van der Waals surface area contributed by atoms with Crippen molar-refractivity contribution < 1.29 is 18.3 Å². The van der Waals surface area contributed by atoms with Crippen molar-refractivity contribution in [2.45, 2.75) is 84.5 Å². The maximum absolute atomic E-state index is 13.8. The van der Waals surface area contributed by atoms with Gasteiger partial charge in [0.1, 0.15) is 5.75 Å². The fourth-order valence-corrected chi connectivity index (χ4v) is 5.89. The molecule has 0 saturated heterocycles. The van der Waals surface area contributed by atoms with Crippen LogP contribution in [-0.4, -0.2) is 5.11 Å². The summed E-state index contributed by atoms with van der Waals surface area (Å²) in [5, 5.41) is 10.8. The standard InChI is InChI=1S/C25H34F3OP/c1-8-12-24(9-2,20-15-18(23(5,6)7)14-17(4)22(20)29)30-21-11-10-16(3)13-19(21)25(26,27)28/h10-11,13-15,29-30H,8-9,12H2,1-7H3. The molecule has 0 aliphatic rings. The van der Waals surface area contributed by atoms with Crippen molar-refractivity contribution in [3.63, 3.8) is 0 Å². The van der Waals surface area contributed by atoms with E-state index in [0.717, 1.165) is 23.1 Å². The summed E-state index contributed by atoms with van der Waals surface area (Å²) in [6.07, 6.45) is -2.20. The summed E-state index contributed by atoms with van der Waals surface area (Å²) in [4.78, 5) is 0. The number of aryl methyl sites for hydroxylation is 2. The van der Waals surface area contributed by atoms with Gasteiger partial charge in [0.25, 0.3) is 0 Å². The lowest BCUT2D eigenvalue weighted by Crippen LogP contribution is -2.27. The number of phenolic OH excluding ortho intramolecular Hbond substituents is 1. The van der Waals surface area contributed by atoms with Crippen LogP contribution in [0.5, 0.6) is 5.75 Å². The van der Waals surface area contributed by atoms with Crippen molar-refractivity contribution in [1.29, 1.82) is 0 Å². The fourth-order valence-electron chi connectivity index (χ4n) is 3.98. The van der Waals surface area contributed by atoms with Crippen LogP contribution in [0.1, 0.15) is 81.7 Å². The van der Waals surface area contributed by atoms with Gasteiger partial charge in [-0.2, -0.15) is 13.2 Å². The molecule has 0 heterocycles. The molecule has 1 nitrogen and oxygen atoms in total. The quantitative estimate of drug-likeness (QED) is 0.458. The maximum Gasteiger partial charge on any atom is 0.417 e. The summed E-state index contributed by atoms with van der Waals surface area (Å²) in [5.74, 6) is 0.214. The average Bonchev–Trinajstić information content (AvgIpc) is 2.63. The van der Waals surface area contributed by atoms with E-state index >= 15 is 0 Å². The summed E-state index contributed by atoms with van der Waals surface area (Å²) in [5.41, 5.74) is 2.56. The summed E-state index contributed by atoms with van der Waals surface area (Å²) < 4.78 is 41.4. The molecule has 0 bridgehead atoms. The van der Waals surface area contributed by atoms with Crippen LogP contribution in [0.15, 0.2) is 30.3 Å². The summed E-state index contributed by atoms with van der Waals surface area (Å²) in [6, 6.07) is 8.62. The van der Waals surface area contributed by atoms with Crippen LogP contribution in [0.25, 0.3) is 0 Å². The summed E-state index contributed by atoms with van der Waals surface area (Å²) in [7, 11) is -0.0886. The number of aromatic hydroxyl groups is 1. The molecular weight excluding hydrogens is 404 g/mol. The van der Waals surface area contributed by atoms with Gasteiger partial charge in [-0.3, -0.25) is 0 Å². The highest BCUT2D eigenvalue weighted by atomic mass is 31.1. The zero-order valence-electron chi connectivity index (χ0n) is 19.1. The van der Waals surface area contributed by atoms with E-state index in [9.17, 15) is 18.3 Å². The van der Waals surface area contributed by atoms with Crippen molar-refractivity contribution in [1.82, 2.24) is 0 Å². The molecule has 1 N–H and O–H groups in total. The van der Waals surface area contributed by atoms with Crippen molar-refractivity contribution >= 4 is 13.9 Å². The summed E-state index contributed by atoms with van der Waals surface area (Å²) >= 11 is 0. The van der Waals surface area contributed by atoms with E-state index in [4.69, 9.17) is 0 Å². The third-order valence-corrected chi connectivity index (χ3v) is 7.87. The molecular formula is C25H34F3OP. The van der Waals surface area contributed by atoms with Gasteiger partial charge in [-0.05, 0) is 54.6 Å². The molecule has 2 atom stereocenters. The van der Waals surface area contributed by atoms with E-state index in [1.165, 1.54) is 6.07 Å². The molecule has 2 aromatic carbocycles. The van der Waals surface area contributed by atoms with Gasteiger partial charge in [-0.15, -0.1) is 0 Å². The van der Waals surface area contributed by atoms with Crippen LogP contribution in [0.2, 0.25) is 0 Å². The van der Waals surface area contributed by atoms with Crippen LogP contribution >= 0.6 is 8.58 Å². The van der Waals surface area contributed by atoms with Crippen LogP contribution in [0.4, 0.5) is 13.2 Å². The van der Waals surface area contributed by atoms with E-state index in [0.29, 0.717) is 23.7 Å². The Morgan fingerprint density at radius 2 is 1.57 bits per heavy atom. The van der Waals surface area contributed by atoms with Crippen molar-refractivity contribution in [3.8, 4) is 5.75 Å². The van der Waals surface area contributed by atoms with E-state index in [-0.39, 0.29) is 19.7 Å². The second kappa shape index (κ2) is 8.91. The Labute approximate surface area is 180 Å². The molecule has 2 rings (SSSR count). The smallest absolute Gasteiger partial charge is 0.417 e. The molecule has 0 aromatic heterocycles. The minimum absolute atomic E-state index is 0.0886. The lowest BCUT2D eigenvalue weighted by atomic mass is 9.81. The van der Waals surface area contributed by atoms with Crippen LogP contribution in [0, 0.1) is 13.8 Å². The second-order valence-corrected chi connectivity index (χ2v) is 11.0. The van der Waals surface area contributed by atoms with E-state index in [1.54, 1.807) is 19.1 Å². The maximum atomic E-state index is 13.8. The fraction of sp³-hybridized carbons (Fsp3) is 0.520. The molecule has 30 heavy (non-hydrogen) atoms. The Morgan fingerprint density at radius 1 is 0.933 bits per heavy atom. The van der Waals surface area contributed by atoms with Gasteiger partial charge < -0.3 is 5.11 Å². The van der Waals surface area contributed by atoms with Gasteiger partial charge in [0.15, 0.2) is 0 Å². The minimum atomic E-state index is -4.40. The Hall–Kier alpha value is -1.54. The van der Waals surface area contributed by atoms with Crippen LogP contribution < -0.4 is 5.30 Å².